The van der Waals surface area contributed by atoms with Gasteiger partial charge in [0.2, 0.25) is 5.91 Å². The number of halogens is 3. The molecule has 1 heterocycles. The Bertz CT molecular complexity index is 1380. The molecule has 2 amide bonds. The van der Waals surface area contributed by atoms with E-state index in [-0.39, 0.29) is 37.6 Å². The SMILES string of the molecule is CCCS(=O)(=O)c1cc(-c2cc(C(N)=O)ccc2Cl)cnc1N(C)C(=O)c1c(F)cccc1Cl. The van der Waals surface area contributed by atoms with Crippen LogP contribution in [0.1, 0.15) is 34.1 Å². The highest BCUT2D eigenvalue weighted by atomic mass is 35.5. The first kappa shape index (κ1) is 25.6. The van der Waals surface area contributed by atoms with E-state index in [0.29, 0.717) is 12.0 Å². The Morgan fingerprint density at radius 2 is 1.82 bits per heavy atom. The average molecular weight is 524 g/mol. The van der Waals surface area contributed by atoms with E-state index < -0.39 is 33.0 Å². The molecule has 34 heavy (non-hydrogen) atoms. The number of anilines is 1. The number of nitrogens with two attached hydrogens (primary N) is 1. The molecule has 0 saturated carbocycles. The van der Waals surface area contributed by atoms with Gasteiger partial charge >= 0.3 is 0 Å². The van der Waals surface area contributed by atoms with Crippen LogP contribution in [0.3, 0.4) is 0 Å². The molecule has 0 unspecified atom stereocenters. The zero-order valence-electron chi connectivity index (χ0n) is 18.2. The fourth-order valence-corrected chi connectivity index (χ4v) is 5.31. The zero-order valence-corrected chi connectivity index (χ0v) is 20.5. The Morgan fingerprint density at radius 3 is 2.44 bits per heavy atom. The van der Waals surface area contributed by atoms with Gasteiger partial charge in [-0.25, -0.2) is 17.8 Å². The summed E-state index contributed by atoms with van der Waals surface area (Å²) in [7, 11) is -2.63. The standard InChI is InChI=1S/C23H20Cl2FN3O4S/c1-3-9-34(32,33)19-11-14(15-10-13(21(27)30)7-8-16(15)24)12-28-22(19)29(2)23(31)20-17(25)5-4-6-18(20)26/h4-8,10-12H,3,9H2,1-2H3,(H2,27,30). The molecule has 0 spiro atoms. The van der Waals surface area contributed by atoms with Crippen LogP contribution in [0.15, 0.2) is 53.6 Å². The Hall–Kier alpha value is -3.01. The third kappa shape index (κ3) is 5.06. The van der Waals surface area contributed by atoms with Crippen LogP contribution in [0.2, 0.25) is 10.0 Å². The predicted octanol–water partition coefficient (Wildman–Crippen LogP) is 4.75. The molecule has 0 radical (unpaired) electrons. The molecule has 0 aliphatic rings. The zero-order chi connectivity index (χ0) is 25.2. The largest absolute Gasteiger partial charge is 0.366 e. The van der Waals surface area contributed by atoms with Gasteiger partial charge in [0.15, 0.2) is 15.7 Å². The number of nitrogens with zero attached hydrogens (tertiary/aromatic N) is 2. The van der Waals surface area contributed by atoms with Gasteiger partial charge in [0.25, 0.3) is 5.91 Å². The van der Waals surface area contributed by atoms with Crippen molar-refractivity contribution < 1.29 is 22.4 Å². The van der Waals surface area contributed by atoms with Crippen LogP contribution >= 0.6 is 23.2 Å². The number of carbonyl (C=O) groups is 2. The second-order valence-corrected chi connectivity index (χ2v) is 10.3. The molecule has 2 N–H and O–H groups in total. The molecule has 7 nitrogen and oxygen atoms in total. The lowest BCUT2D eigenvalue weighted by Gasteiger charge is -2.21. The van der Waals surface area contributed by atoms with Gasteiger partial charge in [0.05, 0.1) is 16.3 Å². The highest BCUT2D eigenvalue weighted by Crippen LogP contribution is 2.34. The summed E-state index contributed by atoms with van der Waals surface area (Å²) in [5.74, 6) is -2.83. The fourth-order valence-electron chi connectivity index (χ4n) is 3.31. The van der Waals surface area contributed by atoms with Gasteiger partial charge < -0.3 is 5.73 Å². The number of hydrogen-bond acceptors (Lipinski definition) is 5. The van der Waals surface area contributed by atoms with E-state index in [1.807, 2.05) is 0 Å². The van der Waals surface area contributed by atoms with E-state index in [9.17, 15) is 22.4 Å². The lowest BCUT2D eigenvalue weighted by atomic mass is 10.0. The van der Waals surface area contributed by atoms with Gasteiger partial charge in [-0.2, -0.15) is 0 Å². The number of rotatable bonds is 7. The quantitative estimate of drug-likeness (QED) is 0.480. The lowest BCUT2D eigenvalue weighted by Crippen LogP contribution is -2.30. The predicted molar refractivity (Wildman–Crippen MR) is 130 cm³/mol. The van der Waals surface area contributed by atoms with Crippen molar-refractivity contribution in [2.75, 3.05) is 17.7 Å². The molecular formula is C23H20Cl2FN3O4S. The van der Waals surface area contributed by atoms with Crippen molar-refractivity contribution in [2.45, 2.75) is 18.2 Å². The number of benzene rings is 2. The summed E-state index contributed by atoms with van der Waals surface area (Å²) in [6, 6.07) is 9.41. The summed E-state index contributed by atoms with van der Waals surface area (Å²) < 4.78 is 40.6. The molecule has 0 saturated heterocycles. The minimum Gasteiger partial charge on any atom is -0.366 e. The van der Waals surface area contributed by atoms with Crippen LogP contribution in [0.4, 0.5) is 10.2 Å². The van der Waals surface area contributed by atoms with E-state index in [1.54, 1.807) is 6.92 Å². The number of pyridine rings is 1. The Balaban J connectivity index is 2.20. The summed E-state index contributed by atoms with van der Waals surface area (Å²) in [6.07, 6.45) is 1.61. The van der Waals surface area contributed by atoms with E-state index in [2.05, 4.69) is 4.98 Å². The maximum absolute atomic E-state index is 14.3. The number of carbonyl (C=O) groups excluding carboxylic acids is 2. The average Bonchev–Trinajstić information content (AvgIpc) is 2.78. The number of sulfone groups is 1. The van der Waals surface area contributed by atoms with Crippen molar-refractivity contribution in [1.82, 2.24) is 4.98 Å². The molecule has 0 atom stereocenters. The molecule has 3 rings (SSSR count). The summed E-state index contributed by atoms with van der Waals surface area (Å²) >= 11 is 12.3. The highest BCUT2D eigenvalue weighted by molar-refractivity contribution is 7.91. The smallest absolute Gasteiger partial charge is 0.263 e. The van der Waals surface area contributed by atoms with Crippen LogP contribution in [0.25, 0.3) is 11.1 Å². The normalized spacial score (nSPS) is 11.3. The molecule has 0 aliphatic heterocycles. The third-order valence-electron chi connectivity index (χ3n) is 5.00. The van der Waals surface area contributed by atoms with Crippen molar-refractivity contribution >= 4 is 50.7 Å². The van der Waals surface area contributed by atoms with Crippen LogP contribution in [0, 0.1) is 5.82 Å². The van der Waals surface area contributed by atoms with E-state index >= 15 is 0 Å². The molecule has 1 aromatic heterocycles. The number of aromatic nitrogens is 1. The first-order valence-electron chi connectivity index (χ1n) is 10.0. The minimum atomic E-state index is -3.91. The van der Waals surface area contributed by atoms with Crippen LogP contribution in [-0.4, -0.2) is 38.0 Å². The fraction of sp³-hybridized carbons (Fsp3) is 0.174. The molecule has 0 aliphatic carbocycles. The molecule has 178 valence electrons. The molecule has 2 aromatic carbocycles. The van der Waals surface area contributed by atoms with E-state index in [4.69, 9.17) is 28.9 Å². The van der Waals surface area contributed by atoms with Crippen LogP contribution < -0.4 is 10.6 Å². The van der Waals surface area contributed by atoms with E-state index in [1.165, 1.54) is 49.6 Å². The lowest BCUT2D eigenvalue weighted by molar-refractivity contribution is 0.0984. The summed E-state index contributed by atoms with van der Waals surface area (Å²) in [5.41, 5.74) is 5.73. The van der Waals surface area contributed by atoms with Crippen LogP contribution in [0.5, 0.6) is 0 Å². The van der Waals surface area contributed by atoms with Crippen LogP contribution in [-0.2, 0) is 9.84 Å². The molecule has 11 heteroatoms. The van der Waals surface area contributed by atoms with Gasteiger partial charge in [0, 0.05) is 35.0 Å². The van der Waals surface area contributed by atoms with Crippen molar-refractivity contribution in [3.8, 4) is 11.1 Å². The number of hydrogen-bond donors (Lipinski definition) is 1. The first-order valence-corrected chi connectivity index (χ1v) is 12.4. The molecule has 3 aromatic rings. The van der Waals surface area contributed by atoms with Crippen molar-refractivity contribution in [2.24, 2.45) is 5.73 Å². The molecule has 0 bridgehead atoms. The van der Waals surface area contributed by atoms with Crippen molar-refractivity contribution in [3.63, 3.8) is 0 Å². The summed E-state index contributed by atoms with van der Waals surface area (Å²) in [4.78, 5) is 29.5. The van der Waals surface area contributed by atoms with Gasteiger partial charge in [-0.15, -0.1) is 0 Å². The highest BCUT2D eigenvalue weighted by Gasteiger charge is 2.28. The van der Waals surface area contributed by atoms with Gasteiger partial charge in [-0.3, -0.25) is 14.5 Å². The second-order valence-electron chi connectivity index (χ2n) is 7.38. The molecule has 0 fully saturated rings. The Morgan fingerprint density at radius 1 is 1.12 bits per heavy atom. The third-order valence-corrected chi connectivity index (χ3v) is 7.56. The Kier molecular flexibility index (Phi) is 7.60. The summed E-state index contributed by atoms with van der Waals surface area (Å²) in [5, 5.41) is 0.113. The van der Waals surface area contributed by atoms with Gasteiger partial charge in [-0.1, -0.05) is 36.2 Å². The Labute approximate surface area is 206 Å². The van der Waals surface area contributed by atoms with Gasteiger partial charge in [0.1, 0.15) is 10.7 Å². The maximum Gasteiger partial charge on any atom is 0.263 e. The number of primary amides is 1. The maximum atomic E-state index is 14.3. The first-order chi connectivity index (χ1) is 16.0. The second kappa shape index (κ2) is 10.1. The van der Waals surface area contributed by atoms with Crippen molar-refractivity contribution in [3.05, 3.63) is 75.7 Å². The van der Waals surface area contributed by atoms with E-state index in [0.717, 1.165) is 11.0 Å². The van der Waals surface area contributed by atoms with Gasteiger partial charge in [-0.05, 0) is 42.8 Å². The topological polar surface area (TPSA) is 110 Å². The number of amides is 2. The minimum absolute atomic E-state index is 0.124. The monoisotopic (exact) mass is 523 g/mol. The van der Waals surface area contributed by atoms with Crippen molar-refractivity contribution in [1.29, 1.82) is 0 Å². The summed E-state index contributed by atoms with van der Waals surface area (Å²) in [6.45, 7) is 1.69. The molecular weight excluding hydrogens is 504 g/mol.